The number of nitrogens with zero attached hydrogens (tertiary/aromatic N) is 2. The van der Waals surface area contributed by atoms with Gasteiger partial charge < -0.3 is 15.5 Å². The maximum atomic E-state index is 12.4. The van der Waals surface area contributed by atoms with Crippen molar-refractivity contribution in [2.75, 3.05) is 26.2 Å². The molecule has 1 fully saturated rings. The molecule has 33 heavy (non-hydrogen) atoms. The zero-order valence-electron chi connectivity index (χ0n) is 18.0. The van der Waals surface area contributed by atoms with Crippen LogP contribution in [0.2, 0.25) is 0 Å². The minimum Gasteiger partial charge on any atom is -0.354 e. The van der Waals surface area contributed by atoms with Crippen molar-refractivity contribution in [3.8, 4) is 0 Å². The van der Waals surface area contributed by atoms with E-state index >= 15 is 0 Å². The molecular weight excluding hydrogens is 424 g/mol. The molecule has 2 N–H and O–H groups in total. The minimum atomic E-state index is -0.496. The third-order valence-corrected chi connectivity index (χ3v) is 5.73. The summed E-state index contributed by atoms with van der Waals surface area (Å²) in [5.41, 5.74) is 1.58. The molecule has 1 unspecified atom stereocenters. The Hall–Kier alpha value is -4.01. The molecule has 170 valence electrons. The molecule has 0 saturated carbocycles. The Balaban J connectivity index is 1.18. The first kappa shape index (κ1) is 22.2. The molecule has 0 bridgehead atoms. The highest BCUT2D eigenvalue weighted by Gasteiger charge is 2.36. The summed E-state index contributed by atoms with van der Waals surface area (Å²) in [4.78, 5) is 64.1. The van der Waals surface area contributed by atoms with Crippen LogP contribution in [-0.2, 0) is 20.9 Å². The average molecular weight is 448 g/mol. The lowest BCUT2D eigenvalue weighted by Crippen LogP contribution is -2.43. The van der Waals surface area contributed by atoms with Crippen molar-refractivity contribution in [3.05, 3.63) is 71.3 Å². The lowest BCUT2D eigenvalue weighted by atomic mass is 10.1. The van der Waals surface area contributed by atoms with E-state index in [2.05, 4.69) is 10.6 Å². The first-order valence-electron chi connectivity index (χ1n) is 10.8. The summed E-state index contributed by atoms with van der Waals surface area (Å²) in [6.07, 6.45) is 0.158. The van der Waals surface area contributed by atoms with E-state index in [0.717, 1.165) is 10.5 Å². The van der Waals surface area contributed by atoms with E-state index in [1.165, 1.54) is 0 Å². The normalized spacial score (nSPS) is 17.3. The fourth-order valence-corrected chi connectivity index (χ4v) is 4.02. The number of imide groups is 1. The summed E-state index contributed by atoms with van der Waals surface area (Å²) in [6.45, 7) is 0.757. The SMILES string of the molecule is O=C(CN1C(=O)c2ccccc2C1=O)NCCNC(=O)C1CC(=O)N(Cc2ccccc2)C1. The predicted molar refractivity (Wildman–Crippen MR) is 118 cm³/mol. The van der Waals surface area contributed by atoms with Crippen molar-refractivity contribution < 1.29 is 24.0 Å². The molecule has 4 rings (SSSR count). The van der Waals surface area contributed by atoms with Crippen molar-refractivity contribution >= 4 is 29.5 Å². The van der Waals surface area contributed by atoms with Gasteiger partial charge in [0.1, 0.15) is 6.54 Å². The third-order valence-electron chi connectivity index (χ3n) is 5.73. The first-order chi connectivity index (χ1) is 15.9. The minimum absolute atomic E-state index is 0.0618. The summed E-state index contributed by atoms with van der Waals surface area (Å²) in [5.74, 6) is -2.23. The standard InChI is InChI=1S/C24H24N4O5/c29-20(15-28-23(32)18-8-4-5-9-19(18)24(28)33)25-10-11-26-22(31)17-12-21(30)27(14-17)13-16-6-2-1-3-7-16/h1-9,17H,10-15H2,(H,25,29)(H,26,31). The van der Waals surface area contributed by atoms with Crippen molar-refractivity contribution in [2.24, 2.45) is 5.92 Å². The van der Waals surface area contributed by atoms with Gasteiger partial charge in [-0.3, -0.25) is 28.9 Å². The predicted octanol–water partition coefficient (Wildman–Crippen LogP) is 0.564. The molecule has 2 aliphatic rings. The second-order valence-electron chi connectivity index (χ2n) is 8.04. The van der Waals surface area contributed by atoms with Crippen molar-refractivity contribution in [1.82, 2.24) is 20.4 Å². The van der Waals surface area contributed by atoms with Gasteiger partial charge in [-0.05, 0) is 17.7 Å². The molecule has 2 aromatic rings. The number of rotatable bonds is 8. The highest BCUT2D eigenvalue weighted by Crippen LogP contribution is 2.22. The lowest BCUT2D eigenvalue weighted by Gasteiger charge is -2.17. The number of likely N-dealkylation sites (tertiary alicyclic amines) is 1. The fraction of sp³-hybridized carbons (Fsp3) is 0.292. The Kier molecular flexibility index (Phi) is 6.48. The van der Waals surface area contributed by atoms with Crippen LogP contribution in [-0.4, -0.2) is 65.5 Å². The number of nitrogens with one attached hydrogen (secondary N) is 2. The Morgan fingerprint density at radius 1 is 0.848 bits per heavy atom. The van der Waals surface area contributed by atoms with Gasteiger partial charge in [-0.1, -0.05) is 42.5 Å². The van der Waals surface area contributed by atoms with E-state index in [4.69, 9.17) is 0 Å². The number of fused-ring (bicyclic) bond motifs is 1. The van der Waals surface area contributed by atoms with Crippen LogP contribution in [0, 0.1) is 5.92 Å². The molecule has 1 atom stereocenters. The van der Waals surface area contributed by atoms with Gasteiger partial charge in [-0.15, -0.1) is 0 Å². The van der Waals surface area contributed by atoms with Crippen LogP contribution in [0.4, 0.5) is 0 Å². The number of hydrogen-bond acceptors (Lipinski definition) is 5. The van der Waals surface area contributed by atoms with Crippen molar-refractivity contribution in [2.45, 2.75) is 13.0 Å². The smallest absolute Gasteiger partial charge is 0.262 e. The average Bonchev–Trinajstić information content (AvgIpc) is 3.30. The fourth-order valence-electron chi connectivity index (χ4n) is 4.02. The molecule has 2 aliphatic heterocycles. The molecule has 0 aliphatic carbocycles. The Labute approximate surface area is 190 Å². The van der Waals surface area contributed by atoms with Crippen molar-refractivity contribution in [3.63, 3.8) is 0 Å². The largest absolute Gasteiger partial charge is 0.354 e. The topological polar surface area (TPSA) is 116 Å². The molecule has 2 aromatic carbocycles. The maximum Gasteiger partial charge on any atom is 0.262 e. The number of amides is 5. The van der Waals surface area contributed by atoms with E-state index < -0.39 is 23.6 Å². The first-order valence-corrected chi connectivity index (χ1v) is 10.8. The van der Waals surface area contributed by atoms with Crippen LogP contribution in [0.1, 0.15) is 32.7 Å². The van der Waals surface area contributed by atoms with Gasteiger partial charge in [0.2, 0.25) is 17.7 Å². The van der Waals surface area contributed by atoms with Gasteiger partial charge in [-0.25, -0.2) is 0 Å². The van der Waals surface area contributed by atoms with Gasteiger partial charge in [-0.2, -0.15) is 0 Å². The van der Waals surface area contributed by atoms with Crippen LogP contribution < -0.4 is 10.6 Å². The lowest BCUT2D eigenvalue weighted by molar-refractivity contribution is -0.129. The molecule has 2 heterocycles. The van der Waals surface area contributed by atoms with Gasteiger partial charge in [0.05, 0.1) is 17.0 Å². The molecule has 0 radical (unpaired) electrons. The van der Waals surface area contributed by atoms with Gasteiger partial charge in [0.25, 0.3) is 11.8 Å². The van der Waals surface area contributed by atoms with Gasteiger partial charge in [0, 0.05) is 32.6 Å². The van der Waals surface area contributed by atoms with Crippen LogP contribution in [0.5, 0.6) is 0 Å². The second kappa shape index (κ2) is 9.64. The zero-order valence-corrected chi connectivity index (χ0v) is 18.0. The van der Waals surface area contributed by atoms with E-state index in [1.807, 2.05) is 30.3 Å². The molecule has 9 heteroatoms. The van der Waals surface area contributed by atoms with E-state index in [1.54, 1.807) is 29.2 Å². The molecule has 1 saturated heterocycles. The monoisotopic (exact) mass is 448 g/mol. The Morgan fingerprint density at radius 2 is 1.45 bits per heavy atom. The van der Waals surface area contributed by atoms with E-state index in [0.29, 0.717) is 13.1 Å². The summed E-state index contributed by atoms with van der Waals surface area (Å²) in [7, 11) is 0. The van der Waals surface area contributed by atoms with Crippen LogP contribution in [0.15, 0.2) is 54.6 Å². The quantitative estimate of drug-likeness (QED) is 0.452. The summed E-state index contributed by atoms with van der Waals surface area (Å²) in [5, 5.41) is 5.33. The maximum absolute atomic E-state index is 12.4. The van der Waals surface area contributed by atoms with E-state index in [9.17, 15) is 24.0 Å². The van der Waals surface area contributed by atoms with Crippen LogP contribution >= 0.6 is 0 Å². The Bertz CT molecular complexity index is 1070. The molecule has 9 nitrogen and oxygen atoms in total. The zero-order chi connectivity index (χ0) is 23.4. The molecule has 0 spiro atoms. The highest BCUT2D eigenvalue weighted by molar-refractivity contribution is 6.22. The van der Waals surface area contributed by atoms with Gasteiger partial charge >= 0.3 is 0 Å². The summed E-state index contributed by atoms with van der Waals surface area (Å²) in [6, 6.07) is 16.0. The number of carbonyl (C=O) groups is 5. The molecule has 0 aromatic heterocycles. The number of benzene rings is 2. The number of hydrogen-bond donors (Lipinski definition) is 2. The molecule has 5 amide bonds. The molecular formula is C24H24N4O5. The third kappa shape index (κ3) is 4.92. The van der Waals surface area contributed by atoms with E-state index in [-0.39, 0.29) is 49.0 Å². The highest BCUT2D eigenvalue weighted by atomic mass is 16.2. The van der Waals surface area contributed by atoms with Gasteiger partial charge in [0.15, 0.2) is 0 Å². The van der Waals surface area contributed by atoms with Crippen LogP contribution in [0.25, 0.3) is 0 Å². The summed E-state index contributed by atoms with van der Waals surface area (Å²) < 4.78 is 0. The van der Waals surface area contributed by atoms with Crippen LogP contribution in [0.3, 0.4) is 0 Å². The number of carbonyl (C=O) groups excluding carboxylic acids is 5. The Morgan fingerprint density at radius 3 is 2.12 bits per heavy atom. The second-order valence-corrected chi connectivity index (χ2v) is 8.04. The summed E-state index contributed by atoms with van der Waals surface area (Å²) >= 11 is 0. The van der Waals surface area contributed by atoms with Crippen molar-refractivity contribution in [1.29, 1.82) is 0 Å².